The number of hydrogen-bond donors (Lipinski definition) is 2. The number of rotatable bonds is 4. The summed E-state index contributed by atoms with van der Waals surface area (Å²) in [5.41, 5.74) is 1.62. The van der Waals surface area contributed by atoms with Gasteiger partial charge >= 0.3 is 6.03 Å². The molecule has 0 bridgehead atoms. The van der Waals surface area contributed by atoms with E-state index in [-0.39, 0.29) is 11.7 Å². The van der Waals surface area contributed by atoms with Crippen LogP contribution in [-0.2, 0) is 4.79 Å². The molecule has 1 fully saturated rings. The normalized spacial score (nSPS) is 16.5. The lowest BCUT2D eigenvalue weighted by Gasteiger charge is -2.18. The van der Waals surface area contributed by atoms with E-state index in [0.717, 1.165) is 0 Å². The van der Waals surface area contributed by atoms with Crippen LogP contribution in [0.25, 0.3) is 0 Å². The van der Waals surface area contributed by atoms with Crippen LogP contribution in [0.1, 0.15) is 12.0 Å². The zero-order chi connectivity index (χ0) is 18.7. The third kappa shape index (κ3) is 3.61. The lowest BCUT2D eigenvalue weighted by molar-refractivity contribution is -0.118. The Kier molecular flexibility index (Phi) is 5.06. The van der Waals surface area contributed by atoms with Crippen LogP contribution in [0.5, 0.6) is 5.75 Å². The lowest BCUT2D eigenvalue weighted by atomic mass is 10.2. The molecule has 2 N–H and O–H groups in total. The highest BCUT2D eigenvalue weighted by atomic mass is 19.1. The number of anilines is 2. The van der Waals surface area contributed by atoms with E-state index in [0.29, 0.717) is 35.7 Å². The quantitative estimate of drug-likeness (QED) is 0.883. The zero-order valence-electron chi connectivity index (χ0n) is 14.6. The van der Waals surface area contributed by atoms with Crippen molar-refractivity contribution in [2.75, 3.05) is 23.9 Å². The average molecular weight is 357 g/mol. The highest BCUT2D eigenvalue weighted by Gasteiger charge is 2.33. The number of urea groups is 1. The fourth-order valence-corrected chi connectivity index (χ4v) is 2.93. The highest BCUT2D eigenvalue weighted by molar-refractivity contribution is 6.02. The van der Waals surface area contributed by atoms with Crippen LogP contribution in [0.2, 0.25) is 0 Å². The van der Waals surface area contributed by atoms with Gasteiger partial charge < -0.3 is 20.3 Å². The maximum atomic E-state index is 13.4. The molecule has 2 aromatic rings. The van der Waals surface area contributed by atoms with Gasteiger partial charge in [0.05, 0.1) is 12.8 Å². The Bertz CT molecular complexity index is 841. The number of hydrogen-bond acceptors (Lipinski definition) is 3. The molecule has 2 aromatic carbocycles. The molecule has 0 radical (unpaired) electrons. The van der Waals surface area contributed by atoms with Crippen LogP contribution in [-0.4, -0.2) is 31.6 Å². The third-order valence-electron chi connectivity index (χ3n) is 4.32. The Hall–Kier alpha value is -3.09. The second kappa shape index (κ2) is 7.43. The predicted molar refractivity (Wildman–Crippen MR) is 97.0 cm³/mol. The van der Waals surface area contributed by atoms with Crippen LogP contribution >= 0.6 is 0 Å². The van der Waals surface area contributed by atoms with Crippen LogP contribution in [0.4, 0.5) is 20.6 Å². The van der Waals surface area contributed by atoms with E-state index in [9.17, 15) is 14.0 Å². The minimum absolute atomic E-state index is 0.216. The number of halogens is 1. The molecule has 3 amide bonds. The van der Waals surface area contributed by atoms with Gasteiger partial charge in [-0.2, -0.15) is 0 Å². The summed E-state index contributed by atoms with van der Waals surface area (Å²) in [5, 5.41) is 5.37. The van der Waals surface area contributed by atoms with E-state index in [1.54, 1.807) is 48.2 Å². The van der Waals surface area contributed by atoms with Crippen LogP contribution in [0, 0.1) is 12.7 Å². The molecule has 0 unspecified atom stereocenters. The topological polar surface area (TPSA) is 70.7 Å². The van der Waals surface area contributed by atoms with Crippen molar-refractivity contribution in [1.29, 1.82) is 0 Å². The Morgan fingerprint density at radius 2 is 2.04 bits per heavy atom. The van der Waals surface area contributed by atoms with Crippen LogP contribution in [0.3, 0.4) is 0 Å². The maximum Gasteiger partial charge on any atom is 0.319 e. The third-order valence-corrected chi connectivity index (χ3v) is 4.32. The van der Waals surface area contributed by atoms with E-state index >= 15 is 0 Å². The molecule has 3 rings (SSSR count). The van der Waals surface area contributed by atoms with E-state index in [1.165, 1.54) is 13.2 Å². The van der Waals surface area contributed by atoms with E-state index in [1.807, 2.05) is 0 Å². The Balaban J connectivity index is 1.65. The lowest BCUT2D eigenvalue weighted by Crippen LogP contribution is -2.43. The van der Waals surface area contributed by atoms with Gasteiger partial charge in [0, 0.05) is 12.2 Å². The number of ether oxygens (including phenoxy) is 1. The molecular weight excluding hydrogens is 337 g/mol. The first-order valence-electron chi connectivity index (χ1n) is 8.27. The first kappa shape index (κ1) is 17.7. The molecule has 1 saturated heterocycles. The van der Waals surface area contributed by atoms with Crippen molar-refractivity contribution in [3.8, 4) is 5.75 Å². The number of carbonyl (C=O) groups excluding carboxylic acids is 2. The number of benzene rings is 2. The second-order valence-electron chi connectivity index (χ2n) is 6.06. The van der Waals surface area contributed by atoms with Crippen molar-refractivity contribution in [2.24, 2.45) is 0 Å². The van der Waals surface area contributed by atoms with Crippen LogP contribution in [0.15, 0.2) is 42.5 Å². The minimum atomic E-state index is -0.630. The van der Waals surface area contributed by atoms with Gasteiger partial charge in [0.1, 0.15) is 17.6 Å². The number of aryl methyl sites for hydroxylation is 1. The van der Waals surface area contributed by atoms with Crippen molar-refractivity contribution in [2.45, 2.75) is 19.4 Å². The fourth-order valence-electron chi connectivity index (χ4n) is 2.93. The standard InChI is InChI=1S/C19H20FN3O3/c1-12-11-13(7-8-14(12)20)23-10-9-16(18(23)24)22-19(25)21-15-5-3-4-6-17(15)26-2/h3-8,11,16H,9-10H2,1-2H3,(H2,21,22,25)/t16-/m1/s1. The van der Waals surface area contributed by atoms with Gasteiger partial charge in [0.25, 0.3) is 0 Å². The van der Waals surface area contributed by atoms with Crippen molar-refractivity contribution in [3.63, 3.8) is 0 Å². The SMILES string of the molecule is COc1ccccc1NC(=O)N[C@@H]1CCN(c2ccc(F)c(C)c2)C1=O. The van der Waals surface area contributed by atoms with Gasteiger partial charge in [-0.3, -0.25) is 4.79 Å². The van der Waals surface area contributed by atoms with Gasteiger partial charge in [-0.1, -0.05) is 12.1 Å². The predicted octanol–water partition coefficient (Wildman–Crippen LogP) is 3.07. The summed E-state index contributed by atoms with van der Waals surface area (Å²) in [6.45, 7) is 2.11. The molecule has 0 spiro atoms. The summed E-state index contributed by atoms with van der Waals surface area (Å²) in [5.74, 6) is 0.00116. The summed E-state index contributed by atoms with van der Waals surface area (Å²) in [6.07, 6.45) is 0.481. The number of amides is 3. The largest absolute Gasteiger partial charge is 0.495 e. The molecule has 7 heteroatoms. The molecule has 6 nitrogen and oxygen atoms in total. The number of carbonyl (C=O) groups is 2. The molecule has 1 heterocycles. The summed E-state index contributed by atoms with van der Waals surface area (Å²) in [4.78, 5) is 26.4. The first-order chi connectivity index (χ1) is 12.5. The van der Waals surface area contributed by atoms with Gasteiger partial charge in [-0.25, -0.2) is 9.18 Å². The smallest absolute Gasteiger partial charge is 0.319 e. The van der Waals surface area contributed by atoms with E-state index < -0.39 is 12.1 Å². The van der Waals surface area contributed by atoms with Crippen molar-refractivity contribution in [3.05, 3.63) is 53.8 Å². The molecule has 1 aliphatic rings. The second-order valence-corrected chi connectivity index (χ2v) is 6.06. The monoisotopic (exact) mass is 357 g/mol. The van der Waals surface area contributed by atoms with Crippen LogP contribution < -0.4 is 20.3 Å². The first-order valence-corrected chi connectivity index (χ1v) is 8.27. The number of methoxy groups -OCH3 is 1. The average Bonchev–Trinajstić information content (AvgIpc) is 2.98. The zero-order valence-corrected chi connectivity index (χ0v) is 14.6. The molecule has 26 heavy (non-hydrogen) atoms. The molecular formula is C19H20FN3O3. The van der Waals surface area contributed by atoms with Gasteiger partial charge in [-0.05, 0) is 49.2 Å². The number of nitrogens with one attached hydrogen (secondary N) is 2. The summed E-state index contributed by atoms with van der Waals surface area (Å²) >= 11 is 0. The maximum absolute atomic E-state index is 13.4. The Labute approximate surface area is 150 Å². The summed E-state index contributed by atoms with van der Waals surface area (Å²) < 4.78 is 18.6. The van der Waals surface area contributed by atoms with E-state index in [4.69, 9.17) is 4.74 Å². The minimum Gasteiger partial charge on any atom is -0.495 e. The molecule has 1 aliphatic heterocycles. The molecule has 0 aromatic heterocycles. The Morgan fingerprint density at radius 1 is 1.27 bits per heavy atom. The van der Waals surface area contributed by atoms with E-state index in [2.05, 4.69) is 10.6 Å². The summed E-state index contributed by atoms with van der Waals surface area (Å²) in [7, 11) is 1.52. The van der Waals surface area contributed by atoms with Crippen molar-refractivity contribution >= 4 is 23.3 Å². The molecule has 136 valence electrons. The number of nitrogens with zero attached hydrogens (tertiary/aromatic N) is 1. The van der Waals surface area contributed by atoms with Crippen molar-refractivity contribution in [1.82, 2.24) is 5.32 Å². The highest BCUT2D eigenvalue weighted by Crippen LogP contribution is 2.25. The molecule has 0 saturated carbocycles. The molecule has 1 atom stereocenters. The fraction of sp³-hybridized carbons (Fsp3) is 0.263. The number of para-hydroxylation sites is 2. The summed E-state index contributed by atoms with van der Waals surface area (Å²) in [6, 6.07) is 10.4. The van der Waals surface area contributed by atoms with Gasteiger partial charge in [0.2, 0.25) is 5.91 Å². The van der Waals surface area contributed by atoms with Gasteiger partial charge in [-0.15, -0.1) is 0 Å². The molecule has 0 aliphatic carbocycles. The van der Waals surface area contributed by atoms with Crippen molar-refractivity contribution < 1.29 is 18.7 Å². The van der Waals surface area contributed by atoms with Gasteiger partial charge in [0.15, 0.2) is 0 Å². The Morgan fingerprint density at radius 3 is 2.77 bits per heavy atom.